The number of hydrogen-bond donors (Lipinski definition) is 0. The quantitative estimate of drug-likeness (QED) is 0.415. The summed E-state index contributed by atoms with van der Waals surface area (Å²) >= 11 is 0. The van der Waals surface area contributed by atoms with Gasteiger partial charge in [-0.1, -0.05) is 0 Å². The highest BCUT2D eigenvalue weighted by atomic mass is 16.6. The van der Waals surface area contributed by atoms with Crippen LogP contribution in [0, 0.1) is 10.1 Å². The summed E-state index contributed by atoms with van der Waals surface area (Å²) in [5.74, 6) is -1.01. The van der Waals surface area contributed by atoms with Crippen LogP contribution in [0.4, 0.5) is 5.69 Å². The number of rotatable bonds is 3. The van der Waals surface area contributed by atoms with Gasteiger partial charge in [-0.2, -0.15) is 0 Å². The van der Waals surface area contributed by atoms with Gasteiger partial charge in [0, 0.05) is 6.07 Å². The number of ether oxygens (including phenoxy) is 1. The summed E-state index contributed by atoms with van der Waals surface area (Å²) < 4.78 is 25.1. The molecule has 6 nitrogen and oxygen atoms in total. The van der Waals surface area contributed by atoms with Crippen LogP contribution in [0.15, 0.2) is 12.3 Å². The molecule has 1 aromatic heterocycles. The summed E-state index contributed by atoms with van der Waals surface area (Å²) in [6.07, 6.45) is 0.827. The van der Waals surface area contributed by atoms with Crippen molar-refractivity contribution in [3.8, 4) is 5.88 Å². The molecule has 14 heavy (non-hydrogen) atoms. The number of methoxy groups -OCH3 is 1. The number of hydrogen-bond acceptors (Lipinski definition) is 5. The van der Waals surface area contributed by atoms with Gasteiger partial charge in [-0.05, 0) is 6.92 Å². The smallest absolute Gasteiger partial charge is 0.288 e. The number of Topliss-reactive ketones (excluding diaryl/α,β-unsaturated/α-hetero) is 1. The fourth-order valence-electron chi connectivity index (χ4n) is 0.875. The highest BCUT2D eigenvalue weighted by Crippen LogP contribution is 2.20. The molecule has 74 valence electrons. The van der Waals surface area contributed by atoms with Crippen LogP contribution in [0.1, 0.15) is 21.4 Å². The molecule has 0 bridgehead atoms. The molecule has 1 aromatic rings. The lowest BCUT2D eigenvalue weighted by molar-refractivity contribution is -0.385. The number of nitrogens with zero attached hydrogens (tertiary/aromatic N) is 2. The zero-order valence-corrected chi connectivity index (χ0v) is 7.18. The molecule has 0 atom stereocenters. The summed E-state index contributed by atoms with van der Waals surface area (Å²) in [6.45, 7) is 1.13. The lowest BCUT2D eigenvalue weighted by Crippen LogP contribution is -2.01. The Morgan fingerprint density at radius 1 is 1.79 bits per heavy atom. The number of ketones is 1. The molecule has 0 spiro atoms. The van der Waals surface area contributed by atoms with Gasteiger partial charge in [-0.25, -0.2) is 4.98 Å². The molecule has 6 heteroatoms. The molecule has 1 heterocycles. The van der Waals surface area contributed by atoms with Crippen LogP contribution in [0.5, 0.6) is 5.88 Å². The Morgan fingerprint density at radius 3 is 3.00 bits per heavy atom. The van der Waals surface area contributed by atoms with Crippen LogP contribution in [0.2, 0.25) is 0 Å². The van der Waals surface area contributed by atoms with E-state index in [-0.39, 0.29) is 5.56 Å². The lowest BCUT2D eigenvalue weighted by Gasteiger charge is -2.02. The monoisotopic (exact) mass is 199 g/mol. The maximum absolute atomic E-state index is 11.2. The predicted octanol–water partition coefficient (Wildman–Crippen LogP) is 1.20. The maximum atomic E-state index is 11.2. The van der Waals surface area contributed by atoms with E-state index in [1.165, 1.54) is 0 Å². The minimum atomic E-state index is -2.77. The summed E-state index contributed by atoms with van der Waals surface area (Å²) in [5.41, 5.74) is -0.650. The summed E-state index contributed by atoms with van der Waals surface area (Å²) in [6, 6.07) is 0.927. The first-order chi connectivity index (χ1) is 7.70. The van der Waals surface area contributed by atoms with E-state index in [0.29, 0.717) is 0 Å². The van der Waals surface area contributed by atoms with E-state index in [0.717, 1.165) is 19.2 Å². The van der Waals surface area contributed by atoms with Crippen LogP contribution in [0.3, 0.4) is 0 Å². The fraction of sp³-hybridized carbons (Fsp3) is 0.250. The summed E-state index contributed by atoms with van der Waals surface area (Å²) in [5, 5.41) is 10.5. The van der Waals surface area contributed by atoms with Crippen LogP contribution in [-0.2, 0) is 0 Å². The molecule has 0 aliphatic heterocycles. The molecule has 0 aliphatic carbocycles. The van der Waals surface area contributed by atoms with E-state index in [2.05, 4.69) is 9.72 Å². The van der Waals surface area contributed by atoms with Crippen molar-refractivity contribution in [1.29, 1.82) is 0 Å². The maximum Gasteiger partial charge on any atom is 0.288 e. The van der Waals surface area contributed by atoms with Gasteiger partial charge in [-0.3, -0.25) is 14.9 Å². The normalized spacial score (nSPS) is 13.6. The fourth-order valence-corrected chi connectivity index (χ4v) is 0.875. The van der Waals surface area contributed by atoms with Crippen molar-refractivity contribution in [2.75, 3.05) is 7.04 Å². The SMILES string of the molecule is [2H]C([2H])([2H])Oc1ncc([N+](=O)[O-])cc1C(C)=O. The van der Waals surface area contributed by atoms with E-state index in [1.54, 1.807) is 0 Å². The second-order valence-electron chi connectivity index (χ2n) is 2.46. The molecule has 1 rings (SSSR count). The van der Waals surface area contributed by atoms with Gasteiger partial charge in [0.05, 0.1) is 21.6 Å². The van der Waals surface area contributed by atoms with Gasteiger partial charge in [-0.15, -0.1) is 0 Å². The highest BCUT2D eigenvalue weighted by Gasteiger charge is 2.15. The number of aromatic nitrogens is 1. The van der Waals surface area contributed by atoms with Crippen molar-refractivity contribution >= 4 is 11.5 Å². The van der Waals surface area contributed by atoms with Crippen molar-refractivity contribution < 1.29 is 18.6 Å². The van der Waals surface area contributed by atoms with E-state index < -0.39 is 29.3 Å². The van der Waals surface area contributed by atoms with Gasteiger partial charge in [0.25, 0.3) is 5.69 Å². The number of nitro groups is 1. The van der Waals surface area contributed by atoms with E-state index >= 15 is 0 Å². The Labute approximate surface area is 83.9 Å². The van der Waals surface area contributed by atoms with Crippen LogP contribution in [-0.4, -0.2) is 22.7 Å². The second kappa shape index (κ2) is 3.82. The Hall–Kier alpha value is -1.98. The van der Waals surface area contributed by atoms with Crippen molar-refractivity contribution in [2.24, 2.45) is 0 Å². The van der Waals surface area contributed by atoms with Gasteiger partial charge in [0.1, 0.15) is 6.20 Å². The van der Waals surface area contributed by atoms with Gasteiger partial charge in [0.15, 0.2) is 5.78 Å². The molecule has 0 N–H and O–H groups in total. The summed E-state index contributed by atoms with van der Waals surface area (Å²) in [7, 11) is -2.77. The van der Waals surface area contributed by atoms with Crippen molar-refractivity contribution in [3.05, 3.63) is 27.9 Å². The van der Waals surface area contributed by atoms with Gasteiger partial charge >= 0.3 is 0 Å². The molecule has 0 aliphatic rings. The van der Waals surface area contributed by atoms with E-state index in [1.807, 2.05) is 0 Å². The Balaban J connectivity index is 3.23. The minimum absolute atomic E-state index is 0.240. The average Bonchev–Trinajstić information content (AvgIpc) is 2.14. The molecule has 0 unspecified atom stereocenters. The van der Waals surface area contributed by atoms with Crippen molar-refractivity contribution in [2.45, 2.75) is 6.92 Å². The first kappa shape index (κ1) is 6.47. The third kappa shape index (κ3) is 1.85. The highest BCUT2D eigenvalue weighted by molar-refractivity contribution is 5.96. The molecule has 0 radical (unpaired) electrons. The Morgan fingerprint density at radius 2 is 2.50 bits per heavy atom. The number of carbonyl (C=O) groups is 1. The third-order valence-electron chi connectivity index (χ3n) is 1.52. The summed E-state index contributed by atoms with van der Waals surface area (Å²) in [4.78, 5) is 24.4. The predicted molar refractivity (Wildman–Crippen MR) is 47.4 cm³/mol. The molecule has 0 amide bonds. The molecule has 0 saturated carbocycles. The Bertz CT molecular complexity index is 472. The topological polar surface area (TPSA) is 82.3 Å². The Kier molecular flexibility index (Phi) is 1.77. The number of pyridine rings is 1. The van der Waals surface area contributed by atoms with Crippen molar-refractivity contribution in [1.82, 2.24) is 4.98 Å². The van der Waals surface area contributed by atoms with Crippen LogP contribution >= 0.6 is 0 Å². The standard InChI is InChI=1S/C8H8N2O4/c1-5(11)7-3-6(10(12)13)4-9-8(7)14-2/h3-4H,1-2H3/i2D3. The van der Waals surface area contributed by atoms with Gasteiger partial charge < -0.3 is 4.74 Å². The van der Waals surface area contributed by atoms with Crippen LogP contribution in [0.25, 0.3) is 0 Å². The number of carbonyl (C=O) groups excluding carboxylic acids is 1. The first-order valence-corrected chi connectivity index (χ1v) is 3.55. The molecular formula is C8H8N2O4. The minimum Gasteiger partial charge on any atom is -0.480 e. The zero-order chi connectivity index (χ0) is 13.2. The largest absolute Gasteiger partial charge is 0.480 e. The lowest BCUT2D eigenvalue weighted by atomic mass is 10.2. The zero-order valence-electron chi connectivity index (χ0n) is 10.2. The van der Waals surface area contributed by atoms with Crippen molar-refractivity contribution in [3.63, 3.8) is 0 Å². The molecule has 0 fully saturated rings. The van der Waals surface area contributed by atoms with Gasteiger partial charge in [0.2, 0.25) is 5.88 Å². The van der Waals surface area contributed by atoms with Crippen LogP contribution < -0.4 is 4.74 Å². The molecule has 0 saturated heterocycles. The molecular weight excluding hydrogens is 188 g/mol. The average molecular weight is 199 g/mol. The third-order valence-corrected chi connectivity index (χ3v) is 1.52. The van der Waals surface area contributed by atoms with E-state index in [9.17, 15) is 14.9 Å². The molecule has 0 aromatic carbocycles. The second-order valence-corrected chi connectivity index (χ2v) is 2.46. The van der Waals surface area contributed by atoms with E-state index in [4.69, 9.17) is 4.11 Å². The first-order valence-electron chi connectivity index (χ1n) is 5.05.